The SMILES string of the molecule is CCc1ccc(-n2c(SCC(=O)Nc3nc(C)cs3)nnc2-c2ccccn2)cc1. The molecule has 0 aliphatic rings. The maximum atomic E-state index is 12.4. The van der Waals surface area contributed by atoms with Crippen molar-refractivity contribution in [1.82, 2.24) is 24.7 Å². The highest BCUT2D eigenvalue weighted by molar-refractivity contribution is 7.99. The second-order valence-corrected chi connectivity index (χ2v) is 8.31. The molecule has 0 fully saturated rings. The van der Waals surface area contributed by atoms with Gasteiger partial charge in [0.25, 0.3) is 0 Å². The molecule has 0 saturated heterocycles. The van der Waals surface area contributed by atoms with E-state index in [0.29, 0.717) is 16.1 Å². The van der Waals surface area contributed by atoms with E-state index in [1.54, 1.807) is 6.20 Å². The number of hydrogen-bond acceptors (Lipinski definition) is 7. The van der Waals surface area contributed by atoms with Crippen LogP contribution in [0.1, 0.15) is 18.2 Å². The highest BCUT2D eigenvalue weighted by atomic mass is 32.2. The quantitative estimate of drug-likeness (QED) is 0.433. The topological polar surface area (TPSA) is 85.6 Å². The van der Waals surface area contributed by atoms with Gasteiger partial charge in [0.2, 0.25) is 5.91 Å². The highest BCUT2D eigenvalue weighted by Crippen LogP contribution is 2.27. The second kappa shape index (κ2) is 9.19. The summed E-state index contributed by atoms with van der Waals surface area (Å²) in [6.07, 6.45) is 2.69. The van der Waals surface area contributed by atoms with E-state index in [4.69, 9.17) is 0 Å². The van der Waals surface area contributed by atoms with Gasteiger partial charge in [0, 0.05) is 17.3 Å². The maximum Gasteiger partial charge on any atom is 0.236 e. The number of nitrogens with one attached hydrogen (secondary N) is 1. The molecule has 3 heterocycles. The zero-order valence-electron chi connectivity index (χ0n) is 16.6. The molecule has 0 saturated carbocycles. The first-order valence-electron chi connectivity index (χ1n) is 9.45. The summed E-state index contributed by atoms with van der Waals surface area (Å²) in [6, 6.07) is 13.9. The van der Waals surface area contributed by atoms with Gasteiger partial charge >= 0.3 is 0 Å². The number of pyridine rings is 1. The summed E-state index contributed by atoms with van der Waals surface area (Å²) in [5, 5.41) is 14.7. The van der Waals surface area contributed by atoms with Crippen LogP contribution in [-0.4, -0.2) is 36.4 Å². The van der Waals surface area contributed by atoms with Crippen molar-refractivity contribution >= 4 is 34.1 Å². The molecule has 152 valence electrons. The number of thioether (sulfide) groups is 1. The first-order valence-corrected chi connectivity index (χ1v) is 11.3. The van der Waals surface area contributed by atoms with Crippen LogP contribution in [0, 0.1) is 6.92 Å². The Morgan fingerprint density at radius 2 is 2.00 bits per heavy atom. The molecule has 0 unspecified atom stereocenters. The summed E-state index contributed by atoms with van der Waals surface area (Å²) in [5.74, 6) is 0.703. The second-order valence-electron chi connectivity index (χ2n) is 6.51. The van der Waals surface area contributed by atoms with Crippen molar-refractivity contribution in [3.8, 4) is 17.2 Å². The van der Waals surface area contributed by atoms with Crippen molar-refractivity contribution < 1.29 is 4.79 Å². The molecule has 0 spiro atoms. The van der Waals surface area contributed by atoms with E-state index in [-0.39, 0.29) is 11.7 Å². The molecule has 0 radical (unpaired) electrons. The van der Waals surface area contributed by atoms with Gasteiger partial charge in [-0.2, -0.15) is 0 Å². The Kier molecular flexibility index (Phi) is 6.20. The van der Waals surface area contributed by atoms with Gasteiger partial charge in [0.15, 0.2) is 16.1 Å². The summed E-state index contributed by atoms with van der Waals surface area (Å²) in [6.45, 7) is 4.02. The highest BCUT2D eigenvalue weighted by Gasteiger charge is 2.18. The van der Waals surface area contributed by atoms with Gasteiger partial charge in [-0.3, -0.25) is 14.3 Å². The number of rotatable bonds is 7. The molecule has 7 nitrogen and oxygen atoms in total. The van der Waals surface area contributed by atoms with Crippen molar-refractivity contribution in [3.63, 3.8) is 0 Å². The molecule has 1 amide bonds. The first-order chi connectivity index (χ1) is 14.6. The lowest BCUT2D eigenvalue weighted by Gasteiger charge is -2.10. The normalized spacial score (nSPS) is 10.9. The van der Waals surface area contributed by atoms with E-state index in [2.05, 4.69) is 44.5 Å². The molecule has 0 aliphatic heterocycles. The van der Waals surface area contributed by atoms with Crippen LogP contribution < -0.4 is 5.32 Å². The Morgan fingerprint density at radius 1 is 1.17 bits per heavy atom. The minimum atomic E-state index is -0.135. The lowest BCUT2D eigenvalue weighted by atomic mass is 10.1. The standard InChI is InChI=1S/C21H20N6OS2/c1-3-15-7-9-16(10-8-15)27-19(17-6-4-5-11-22-17)25-26-21(27)30-13-18(28)24-20-23-14(2)12-29-20/h4-12H,3,13H2,1-2H3,(H,23,24,28). The average Bonchev–Trinajstić information content (AvgIpc) is 3.39. The fraction of sp³-hybridized carbons (Fsp3) is 0.190. The van der Waals surface area contributed by atoms with Crippen molar-refractivity contribution in [2.75, 3.05) is 11.1 Å². The summed E-state index contributed by atoms with van der Waals surface area (Å²) in [7, 11) is 0. The van der Waals surface area contributed by atoms with Gasteiger partial charge in [-0.1, -0.05) is 36.9 Å². The van der Waals surface area contributed by atoms with E-state index in [1.807, 2.05) is 47.2 Å². The third-order valence-corrected chi connectivity index (χ3v) is 6.13. The van der Waals surface area contributed by atoms with Crippen LogP contribution in [0.4, 0.5) is 5.13 Å². The smallest absolute Gasteiger partial charge is 0.236 e. The van der Waals surface area contributed by atoms with Crippen molar-refractivity contribution in [2.45, 2.75) is 25.4 Å². The molecular weight excluding hydrogens is 416 g/mol. The van der Waals surface area contributed by atoms with Gasteiger partial charge < -0.3 is 5.32 Å². The molecule has 0 aliphatic carbocycles. The minimum Gasteiger partial charge on any atom is -0.301 e. The van der Waals surface area contributed by atoms with Gasteiger partial charge in [-0.05, 0) is 43.2 Å². The number of aryl methyl sites for hydroxylation is 2. The molecule has 1 aromatic carbocycles. The van der Waals surface area contributed by atoms with E-state index in [0.717, 1.165) is 23.5 Å². The maximum absolute atomic E-state index is 12.4. The first kappa shape index (κ1) is 20.2. The number of hydrogen-bond donors (Lipinski definition) is 1. The fourth-order valence-electron chi connectivity index (χ4n) is 2.83. The lowest BCUT2D eigenvalue weighted by molar-refractivity contribution is -0.113. The van der Waals surface area contributed by atoms with Gasteiger partial charge in [-0.25, -0.2) is 4.98 Å². The van der Waals surface area contributed by atoms with Gasteiger partial charge in [0.1, 0.15) is 5.69 Å². The Morgan fingerprint density at radius 3 is 2.67 bits per heavy atom. The number of nitrogens with zero attached hydrogens (tertiary/aromatic N) is 5. The van der Waals surface area contributed by atoms with E-state index < -0.39 is 0 Å². The van der Waals surface area contributed by atoms with Crippen molar-refractivity contribution in [3.05, 3.63) is 65.3 Å². The fourth-order valence-corrected chi connectivity index (χ4v) is 4.29. The van der Waals surface area contributed by atoms with Crippen molar-refractivity contribution in [1.29, 1.82) is 0 Å². The van der Waals surface area contributed by atoms with Crippen LogP contribution in [0.5, 0.6) is 0 Å². The summed E-state index contributed by atoms with van der Waals surface area (Å²) in [4.78, 5) is 21.1. The van der Waals surface area contributed by atoms with Crippen molar-refractivity contribution in [2.24, 2.45) is 0 Å². The van der Waals surface area contributed by atoms with Crippen LogP contribution in [0.3, 0.4) is 0 Å². The van der Waals surface area contributed by atoms with Gasteiger partial charge in [0.05, 0.1) is 11.4 Å². The monoisotopic (exact) mass is 436 g/mol. The van der Waals surface area contributed by atoms with Crippen LogP contribution in [0.25, 0.3) is 17.2 Å². The Bertz CT molecular complexity index is 1140. The predicted molar refractivity (Wildman–Crippen MR) is 120 cm³/mol. The molecule has 30 heavy (non-hydrogen) atoms. The van der Waals surface area contributed by atoms with Gasteiger partial charge in [-0.15, -0.1) is 21.5 Å². The number of carbonyl (C=O) groups excluding carboxylic acids is 1. The number of aromatic nitrogens is 5. The molecule has 4 aromatic rings. The predicted octanol–water partition coefficient (Wildman–Crippen LogP) is 4.39. The summed E-state index contributed by atoms with van der Waals surface area (Å²) < 4.78 is 1.94. The van der Waals surface area contributed by atoms with Crippen LogP contribution in [-0.2, 0) is 11.2 Å². The van der Waals surface area contributed by atoms with Crippen LogP contribution in [0.2, 0.25) is 0 Å². The zero-order valence-corrected chi connectivity index (χ0v) is 18.2. The van der Waals surface area contributed by atoms with E-state index in [1.165, 1.54) is 28.7 Å². The van der Waals surface area contributed by atoms with E-state index >= 15 is 0 Å². The largest absolute Gasteiger partial charge is 0.301 e. The molecule has 3 aromatic heterocycles. The molecular formula is C21H20N6OS2. The molecule has 0 atom stereocenters. The number of thiazole rings is 1. The lowest BCUT2D eigenvalue weighted by Crippen LogP contribution is -2.14. The minimum absolute atomic E-state index is 0.135. The molecule has 9 heteroatoms. The third-order valence-electron chi connectivity index (χ3n) is 4.33. The summed E-state index contributed by atoms with van der Waals surface area (Å²) >= 11 is 2.74. The molecule has 1 N–H and O–H groups in total. The van der Waals surface area contributed by atoms with E-state index in [9.17, 15) is 4.79 Å². The number of amides is 1. The van der Waals surface area contributed by atoms with Crippen LogP contribution in [0.15, 0.2) is 59.2 Å². The Hall–Kier alpha value is -3.04. The molecule has 0 bridgehead atoms. The third kappa shape index (κ3) is 4.58. The average molecular weight is 437 g/mol. The Labute approximate surface area is 182 Å². The zero-order chi connectivity index (χ0) is 20.9. The summed E-state index contributed by atoms with van der Waals surface area (Å²) in [5.41, 5.74) is 3.78. The number of benzene rings is 1. The number of anilines is 1. The van der Waals surface area contributed by atoms with Crippen LogP contribution >= 0.6 is 23.1 Å². The number of carbonyl (C=O) groups is 1. The Balaban J connectivity index is 1.60. The molecule has 4 rings (SSSR count).